The Morgan fingerprint density at radius 2 is 1.46 bits per heavy atom. The predicted octanol–water partition coefficient (Wildman–Crippen LogP) is 3.91. The summed E-state index contributed by atoms with van der Waals surface area (Å²) < 4.78 is 0. The van der Waals surface area contributed by atoms with E-state index < -0.39 is 6.10 Å². The predicted molar refractivity (Wildman–Crippen MR) is 96.8 cm³/mol. The molecule has 0 saturated heterocycles. The minimum absolute atomic E-state index is 0.369. The second-order valence-corrected chi connectivity index (χ2v) is 5.86. The molecule has 3 aromatic rings. The number of nitrogens with zero attached hydrogens (tertiary/aromatic N) is 2. The second-order valence-electron chi connectivity index (χ2n) is 5.86. The number of anilines is 1. The van der Waals surface area contributed by atoms with Crippen molar-refractivity contribution in [1.29, 1.82) is 0 Å². The van der Waals surface area contributed by atoms with E-state index in [0.29, 0.717) is 12.5 Å². The summed E-state index contributed by atoms with van der Waals surface area (Å²) >= 11 is 0. The molecule has 0 bridgehead atoms. The molecule has 122 valence electrons. The van der Waals surface area contributed by atoms with Gasteiger partial charge >= 0.3 is 0 Å². The summed E-state index contributed by atoms with van der Waals surface area (Å²) in [5.74, 6) is 0.549. The van der Waals surface area contributed by atoms with Crippen molar-refractivity contribution in [3.8, 4) is 11.1 Å². The second kappa shape index (κ2) is 7.23. The zero-order chi connectivity index (χ0) is 16.9. The lowest BCUT2D eigenvalue weighted by molar-refractivity contribution is 0.191. The van der Waals surface area contributed by atoms with Gasteiger partial charge in [-0.1, -0.05) is 54.6 Å². The van der Waals surface area contributed by atoms with Crippen LogP contribution in [0, 0.1) is 13.8 Å². The van der Waals surface area contributed by atoms with Gasteiger partial charge in [0.1, 0.15) is 0 Å². The highest BCUT2D eigenvalue weighted by molar-refractivity contribution is 5.63. The van der Waals surface area contributed by atoms with E-state index in [2.05, 4.69) is 27.4 Å². The molecule has 1 atom stereocenters. The standard InChI is InChI=1S/C20H21N3O/c1-14-12-15(2)23-20(22-14)21-13-19(24)18-10-8-17(9-11-18)16-6-4-3-5-7-16/h3-12,19,24H,13H2,1-2H3,(H,21,22,23). The number of nitrogens with one attached hydrogen (secondary N) is 1. The van der Waals surface area contributed by atoms with Crippen LogP contribution in [0.25, 0.3) is 11.1 Å². The topological polar surface area (TPSA) is 58.0 Å². The number of aliphatic hydroxyl groups is 1. The first-order valence-electron chi connectivity index (χ1n) is 8.01. The molecule has 0 fully saturated rings. The molecule has 1 aromatic heterocycles. The van der Waals surface area contributed by atoms with Crippen molar-refractivity contribution in [1.82, 2.24) is 9.97 Å². The Morgan fingerprint density at radius 3 is 2.08 bits per heavy atom. The highest BCUT2D eigenvalue weighted by atomic mass is 16.3. The lowest BCUT2D eigenvalue weighted by atomic mass is 10.0. The van der Waals surface area contributed by atoms with Crippen LogP contribution in [0.5, 0.6) is 0 Å². The molecule has 1 unspecified atom stereocenters. The smallest absolute Gasteiger partial charge is 0.223 e. The molecule has 0 saturated carbocycles. The molecule has 24 heavy (non-hydrogen) atoms. The lowest BCUT2D eigenvalue weighted by Gasteiger charge is -2.13. The van der Waals surface area contributed by atoms with Gasteiger partial charge in [0.15, 0.2) is 0 Å². The van der Waals surface area contributed by atoms with Gasteiger partial charge in [-0.2, -0.15) is 0 Å². The first-order chi connectivity index (χ1) is 11.6. The van der Waals surface area contributed by atoms with Gasteiger partial charge in [-0.3, -0.25) is 0 Å². The molecular formula is C20H21N3O. The third kappa shape index (κ3) is 3.97. The lowest BCUT2D eigenvalue weighted by Crippen LogP contribution is -2.14. The first-order valence-corrected chi connectivity index (χ1v) is 8.01. The normalized spacial score (nSPS) is 12.0. The SMILES string of the molecule is Cc1cc(C)nc(NCC(O)c2ccc(-c3ccccc3)cc2)n1. The van der Waals surface area contributed by atoms with E-state index in [9.17, 15) is 5.11 Å². The summed E-state index contributed by atoms with van der Waals surface area (Å²) in [5.41, 5.74) is 4.99. The largest absolute Gasteiger partial charge is 0.387 e. The molecule has 4 heteroatoms. The van der Waals surface area contributed by atoms with Crippen LogP contribution in [0.4, 0.5) is 5.95 Å². The van der Waals surface area contributed by atoms with E-state index in [0.717, 1.165) is 22.5 Å². The molecule has 0 aliphatic heterocycles. The summed E-state index contributed by atoms with van der Waals surface area (Å²) in [6, 6.07) is 20.1. The Balaban J connectivity index is 1.66. The zero-order valence-corrected chi connectivity index (χ0v) is 13.9. The Kier molecular flexibility index (Phi) is 4.87. The fourth-order valence-corrected chi connectivity index (χ4v) is 2.64. The molecular weight excluding hydrogens is 298 g/mol. The van der Waals surface area contributed by atoms with Crippen molar-refractivity contribution < 1.29 is 5.11 Å². The molecule has 0 spiro atoms. The summed E-state index contributed by atoms with van der Waals surface area (Å²) in [6.45, 7) is 4.23. The summed E-state index contributed by atoms with van der Waals surface area (Å²) in [5, 5.41) is 13.5. The van der Waals surface area contributed by atoms with Gasteiger partial charge in [0, 0.05) is 17.9 Å². The number of aliphatic hydroxyl groups excluding tert-OH is 1. The van der Waals surface area contributed by atoms with E-state index in [4.69, 9.17) is 0 Å². The quantitative estimate of drug-likeness (QED) is 0.748. The van der Waals surface area contributed by atoms with Crippen LogP contribution in [-0.4, -0.2) is 21.6 Å². The number of aromatic nitrogens is 2. The highest BCUT2D eigenvalue weighted by Gasteiger charge is 2.09. The van der Waals surface area contributed by atoms with Gasteiger partial charge in [0.25, 0.3) is 0 Å². The van der Waals surface area contributed by atoms with Gasteiger partial charge in [0.2, 0.25) is 5.95 Å². The average molecular weight is 319 g/mol. The van der Waals surface area contributed by atoms with Crippen LogP contribution in [0.2, 0.25) is 0 Å². The minimum Gasteiger partial charge on any atom is -0.387 e. The Hall–Kier alpha value is -2.72. The first kappa shape index (κ1) is 16.1. The van der Waals surface area contributed by atoms with Gasteiger partial charge in [-0.05, 0) is 36.6 Å². The Labute approximate surface area is 142 Å². The van der Waals surface area contributed by atoms with E-state index in [1.165, 1.54) is 5.56 Å². The van der Waals surface area contributed by atoms with Gasteiger partial charge in [0.05, 0.1) is 6.10 Å². The number of rotatable bonds is 5. The highest BCUT2D eigenvalue weighted by Crippen LogP contribution is 2.22. The van der Waals surface area contributed by atoms with Gasteiger partial charge in [-0.25, -0.2) is 9.97 Å². The van der Waals surface area contributed by atoms with E-state index in [-0.39, 0.29) is 0 Å². The summed E-state index contributed by atoms with van der Waals surface area (Å²) in [6.07, 6.45) is -0.612. The van der Waals surface area contributed by atoms with Gasteiger partial charge in [-0.15, -0.1) is 0 Å². The molecule has 1 heterocycles. The van der Waals surface area contributed by atoms with Crippen molar-refractivity contribution in [3.05, 3.63) is 77.6 Å². The van der Waals surface area contributed by atoms with Crippen LogP contribution in [0.3, 0.4) is 0 Å². The van der Waals surface area contributed by atoms with Crippen molar-refractivity contribution in [2.24, 2.45) is 0 Å². The average Bonchev–Trinajstić information content (AvgIpc) is 2.60. The fourth-order valence-electron chi connectivity index (χ4n) is 2.64. The van der Waals surface area contributed by atoms with Crippen LogP contribution < -0.4 is 5.32 Å². The monoisotopic (exact) mass is 319 g/mol. The fraction of sp³-hybridized carbons (Fsp3) is 0.200. The van der Waals surface area contributed by atoms with Crippen molar-refractivity contribution in [2.45, 2.75) is 20.0 Å². The summed E-state index contributed by atoms with van der Waals surface area (Å²) in [7, 11) is 0. The number of hydrogen-bond donors (Lipinski definition) is 2. The summed E-state index contributed by atoms with van der Waals surface area (Å²) in [4.78, 5) is 8.64. The maximum Gasteiger partial charge on any atom is 0.223 e. The molecule has 3 rings (SSSR count). The zero-order valence-electron chi connectivity index (χ0n) is 13.9. The third-order valence-corrected chi connectivity index (χ3v) is 3.84. The Bertz CT molecular complexity index is 781. The minimum atomic E-state index is -0.612. The molecule has 0 radical (unpaired) electrons. The molecule has 2 N–H and O–H groups in total. The molecule has 4 nitrogen and oxygen atoms in total. The molecule has 0 aliphatic rings. The van der Waals surface area contributed by atoms with Crippen LogP contribution in [0.15, 0.2) is 60.7 Å². The number of aryl methyl sites for hydroxylation is 2. The van der Waals surface area contributed by atoms with Crippen LogP contribution in [-0.2, 0) is 0 Å². The van der Waals surface area contributed by atoms with Crippen molar-refractivity contribution in [3.63, 3.8) is 0 Å². The van der Waals surface area contributed by atoms with E-state index >= 15 is 0 Å². The maximum atomic E-state index is 10.4. The van der Waals surface area contributed by atoms with E-state index in [1.54, 1.807) is 0 Å². The van der Waals surface area contributed by atoms with Crippen LogP contribution in [0.1, 0.15) is 23.1 Å². The molecule has 0 aliphatic carbocycles. The van der Waals surface area contributed by atoms with Crippen LogP contribution >= 0.6 is 0 Å². The number of hydrogen-bond acceptors (Lipinski definition) is 4. The third-order valence-electron chi connectivity index (χ3n) is 3.84. The van der Waals surface area contributed by atoms with Gasteiger partial charge < -0.3 is 10.4 Å². The van der Waals surface area contributed by atoms with Crippen molar-refractivity contribution >= 4 is 5.95 Å². The molecule has 2 aromatic carbocycles. The van der Waals surface area contributed by atoms with E-state index in [1.807, 2.05) is 62.4 Å². The van der Waals surface area contributed by atoms with Crippen molar-refractivity contribution in [2.75, 3.05) is 11.9 Å². The molecule has 0 amide bonds. The number of benzene rings is 2. The Morgan fingerprint density at radius 1 is 0.875 bits per heavy atom. The maximum absolute atomic E-state index is 10.4.